The molecular formula is C30H30Cl3NO3. The van der Waals surface area contributed by atoms with Crippen LogP contribution in [-0.4, -0.2) is 11.6 Å². The lowest BCUT2D eigenvalue weighted by Gasteiger charge is -2.44. The van der Waals surface area contributed by atoms with Gasteiger partial charge in [0, 0.05) is 56.9 Å². The minimum Gasteiger partial charge on any atom is -0.487 e. The zero-order valence-corrected chi connectivity index (χ0v) is 23.7. The van der Waals surface area contributed by atoms with Gasteiger partial charge in [-0.1, -0.05) is 74.6 Å². The molecule has 2 aromatic rings. The summed E-state index contributed by atoms with van der Waals surface area (Å²) in [5.41, 5.74) is 4.22. The molecule has 0 unspecified atom stereocenters. The Kier molecular flexibility index (Phi) is 6.75. The summed E-state index contributed by atoms with van der Waals surface area (Å²) in [6.45, 7) is 8.64. The van der Waals surface area contributed by atoms with Crippen molar-refractivity contribution in [1.29, 1.82) is 0 Å². The second kappa shape index (κ2) is 9.48. The molecule has 0 fully saturated rings. The number of carbonyl (C=O) groups is 2. The summed E-state index contributed by atoms with van der Waals surface area (Å²) in [4.78, 5) is 27.4. The predicted octanol–water partition coefficient (Wildman–Crippen LogP) is 8.20. The number of ketones is 2. The van der Waals surface area contributed by atoms with Gasteiger partial charge in [0.15, 0.2) is 11.6 Å². The van der Waals surface area contributed by atoms with Crippen LogP contribution in [0.5, 0.6) is 5.75 Å². The standard InChI is InChI=1S/C30H30Cl3NO3/c1-29(2)11-21-26(23(35)13-29)25(27-22(34-21)12-30(3,4)14-24(27)36)19-9-18(32)10-20(33)28(19)37-15-16-5-7-17(31)8-6-16/h5-10,25,34H,11-15H2,1-4H3. The minimum atomic E-state index is -0.588. The van der Waals surface area contributed by atoms with Crippen molar-refractivity contribution in [3.05, 3.63) is 85.1 Å². The van der Waals surface area contributed by atoms with Crippen LogP contribution in [-0.2, 0) is 16.2 Å². The Morgan fingerprint density at radius 3 is 1.89 bits per heavy atom. The Morgan fingerprint density at radius 2 is 1.35 bits per heavy atom. The number of benzene rings is 2. The molecule has 3 aliphatic rings. The van der Waals surface area contributed by atoms with Crippen LogP contribution in [0.2, 0.25) is 15.1 Å². The highest BCUT2D eigenvalue weighted by Gasteiger charge is 2.47. The highest BCUT2D eigenvalue weighted by atomic mass is 35.5. The van der Waals surface area contributed by atoms with E-state index >= 15 is 0 Å². The van der Waals surface area contributed by atoms with Crippen LogP contribution in [0.25, 0.3) is 0 Å². The lowest BCUT2D eigenvalue weighted by molar-refractivity contribution is -0.119. The second-order valence-corrected chi connectivity index (χ2v) is 13.2. The Balaban J connectivity index is 1.67. The summed E-state index contributed by atoms with van der Waals surface area (Å²) in [6, 6.07) is 10.8. The van der Waals surface area contributed by atoms with Gasteiger partial charge in [-0.25, -0.2) is 0 Å². The molecule has 194 valence electrons. The van der Waals surface area contributed by atoms with Gasteiger partial charge in [0.1, 0.15) is 12.4 Å². The highest BCUT2D eigenvalue weighted by Crippen LogP contribution is 2.53. The first kappa shape index (κ1) is 26.3. The summed E-state index contributed by atoms with van der Waals surface area (Å²) in [7, 11) is 0. The van der Waals surface area contributed by atoms with Gasteiger partial charge in [-0.15, -0.1) is 0 Å². The Bertz CT molecular complexity index is 1320. The number of allylic oxidation sites excluding steroid dienone is 4. The lowest BCUT2D eigenvalue weighted by atomic mass is 9.64. The van der Waals surface area contributed by atoms with Crippen molar-refractivity contribution in [2.75, 3.05) is 0 Å². The molecule has 2 aliphatic carbocycles. The maximum atomic E-state index is 13.7. The van der Waals surface area contributed by atoms with Crippen molar-refractivity contribution in [3.63, 3.8) is 0 Å². The van der Waals surface area contributed by atoms with E-state index in [9.17, 15) is 9.59 Å². The van der Waals surface area contributed by atoms with Crippen LogP contribution in [0.1, 0.15) is 70.4 Å². The van der Waals surface area contributed by atoms with E-state index < -0.39 is 5.92 Å². The van der Waals surface area contributed by atoms with Crippen LogP contribution >= 0.6 is 34.8 Å². The largest absolute Gasteiger partial charge is 0.487 e. The Morgan fingerprint density at radius 1 is 0.811 bits per heavy atom. The van der Waals surface area contributed by atoms with Crippen molar-refractivity contribution < 1.29 is 14.3 Å². The van der Waals surface area contributed by atoms with E-state index in [0.29, 0.717) is 63.2 Å². The van der Waals surface area contributed by atoms with Gasteiger partial charge in [-0.2, -0.15) is 0 Å². The molecule has 0 radical (unpaired) electrons. The van der Waals surface area contributed by atoms with Gasteiger partial charge in [-0.3, -0.25) is 9.59 Å². The molecule has 7 heteroatoms. The van der Waals surface area contributed by atoms with Gasteiger partial charge in [-0.05, 0) is 53.5 Å². The third-order valence-electron chi connectivity index (χ3n) is 7.36. The second-order valence-electron chi connectivity index (χ2n) is 11.9. The Labute approximate surface area is 233 Å². The topological polar surface area (TPSA) is 55.4 Å². The third-order valence-corrected chi connectivity index (χ3v) is 8.11. The number of ether oxygens (including phenoxy) is 1. The average molecular weight is 559 g/mol. The molecule has 0 spiro atoms. The number of rotatable bonds is 4. The van der Waals surface area contributed by atoms with Gasteiger partial charge in [0.25, 0.3) is 0 Å². The number of halogens is 3. The molecule has 37 heavy (non-hydrogen) atoms. The zero-order valence-electron chi connectivity index (χ0n) is 21.4. The quantitative estimate of drug-likeness (QED) is 0.411. The van der Waals surface area contributed by atoms with Crippen molar-refractivity contribution in [2.24, 2.45) is 10.8 Å². The van der Waals surface area contributed by atoms with Crippen molar-refractivity contribution in [2.45, 2.75) is 65.9 Å². The van der Waals surface area contributed by atoms with Gasteiger partial charge >= 0.3 is 0 Å². The molecular weight excluding hydrogens is 529 g/mol. The van der Waals surface area contributed by atoms with Crippen LogP contribution in [0.3, 0.4) is 0 Å². The summed E-state index contributed by atoms with van der Waals surface area (Å²) >= 11 is 19.3. The van der Waals surface area contributed by atoms with Crippen LogP contribution in [0, 0.1) is 10.8 Å². The zero-order chi connectivity index (χ0) is 26.7. The normalized spacial score (nSPS) is 20.9. The van der Waals surface area contributed by atoms with E-state index in [4.69, 9.17) is 39.5 Å². The molecule has 0 amide bonds. The monoisotopic (exact) mass is 557 g/mol. The van der Waals surface area contributed by atoms with Crippen LogP contribution in [0.15, 0.2) is 58.9 Å². The van der Waals surface area contributed by atoms with E-state index in [-0.39, 0.29) is 29.0 Å². The predicted molar refractivity (Wildman–Crippen MR) is 148 cm³/mol. The van der Waals surface area contributed by atoms with Crippen LogP contribution in [0.4, 0.5) is 0 Å². The van der Waals surface area contributed by atoms with E-state index in [1.165, 1.54) is 0 Å². The average Bonchev–Trinajstić information content (AvgIpc) is 2.76. The number of dihydropyridines is 1. The van der Waals surface area contributed by atoms with Gasteiger partial charge < -0.3 is 10.1 Å². The molecule has 1 aliphatic heterocycles. The maximum absolute atomic E-state index is 13.7. The number of Topliss-reactive ketones (excluding diaryl/α,β-unsaturated/α-hetero) is 2. The van der Waals surface area contributed by atoms with E-state index in [1.807, 2.05) is 12.1 Å². The van der Waals surface area contributed by atoms with Gasteiger partial charge in [0.2, 0.25) is 0 Å². The lowest BCUT2D eigenvalue weighted by Crippen LogP contribution is -2.42. The summed E-state index contributed by atoms with van der Waals surface area (Å²) in [5.74, 6) is -0.0860. The molecule has 0 saturated carbocycles. The minimum absolute atomic E-state index is 0.0349. The first-order valence-corrected chi connectivity index (χ1v) is 13.6. The summed E-state index contributed by atoms with van der Waals surface area (Å²) in [5, 5.41) is 4.94. The molecule has 0 atom stereocenters. The van der Waals surface area contributed by atoms with Crippen molar-refractivity contribution in [3.8, 4) is 5.75 Å². The molecule has 2 aromatic carbocycles. The molecule has 1 N–H and O–H groups in total. The van der Waals surface area contributed by atoms with Crippen molar-refractivity contribution >= 4 is 46.4 Å². The number of hydrogen-bond donors (Lipinski definition) is 1. The SMILES string of the molecule is CC1(C)CC(=O)C2=C(C1)NC1=C(C(=O)CC(C)(C)C1)C2c1cc(Cl)cc(Cl)c1OCc1ccc(Cl)cc1. The molecule has 0 saturated heterocycles. The molecule has 4 nitrogen and oxygen atoms in total. The molecule has 0 bridgehead atoms. The number of hydrogen-bond acceptors (Lipinski definition) is 4. The number of nitrogens with one attached hydrogen (secondary N) is 1. The van der Waals surface area contributed by atoms with Gasteiger partial charge in [0.05, 0.1) is 5.02 Å². The van der Waals surface area contributed by atoms with E-state index in [1.54, 1.807) is 24.3 Å². The summed E-state index contributed by atoms with van der Waals surface area (Å²) < 4.78 is 6.29. The van der Waals surface area contributed by atoms with E-state index in [2.05, 4.69) is 33.0 Å². The van der Waals surface area contributed by atoms with Crippen molar-refractivity contribution in [1.82, 2.24) is 5.32 Å². The fourth-order valence-corrected chi connectivity index (χ4v) is 6.57. The Hall–Kier alpha value is -2.27. The third kappa shape index (κ3) is 5.21. The number of carbonyl (C=O) groups excluding carboxylic acids is 2. The smallest absolute Gasteiger partial charge is 0.162 e. The molecule has 5 rings (SSSR count). The fraction of sp³-hybridized carbons (Fsp3) is 0.400. The van der Waals surface area contributed by atoms with E-state index in [0.717, 1.165) is 17.0 Å². The first-order valence-electron chi connectivity index (χ1n) is 12.5. The highest BCUT2D eigenvalue weighted by molar-refractivity contribution is 6.35. The van der Waals surface area contributed by atoms with Crippen LogP contribution < -0.4 is 10.1 Å². The summed E-state index contributed by atoms with van der Waals surface area (Å²) in [6.07, 6.45) is 2.24. The first-order chi connectivity index (χ1) is 17.3. The fourth-order valence-electron chi connectivity index (χ4n) is 5.88. The maximum Gasteiger partial charge on any atom is 0.162 e. The molecule has 0 aromatic heterocycles. The molecule has 1 heterocycles.